The number of aryl methyl sites for hydroxylation is 1. The first-order valence-electron chi connectivity index (χ1n) is 8.53. The van der Waals surface area contributed by atoms with E-state index in [0.717, 1.165) is 11.5 Å². The van der Waals surface area contributed by atoms with E-state index in [9.17, 15) is 4.79 Å². The van der Waals surface area contributed by atoms with Crippen molar-refractivity contribution in [3.63, 3.8) is 0 Å². The Morgan fingerprint density at radius 2 is 2.04 bits per heavy atom. The minimum absolute atomic E-state index is 0.0466. The molecule has 1 fully saturated rings. The molecule has 132 valence electrons. The van der Waals surface area contributed by atoms with E-state index in [-0.39, 0.29) is 17.4 Å². The molecule has 26 heavy (non-hydrogen) atoms. The van der Waals surface area contributed by atoms with Crippen molar-refractivity contribution in [3.8, 4) is 11.6 Å². The highest BCUT2D eigenvalue weighted by Gasteiger charge is 2.23. The van der Waals surface area contributed by atoms with Crippen molar-refractivity contribution in [1.29, 1.82) is 0 Å². The number of anilines is 1. The first-order chi connectivity index (χ1) is 12.6. The molecule has 0 atom stereocenters. The fraction of sp³-hybridized carbons (Fsp3) is 0.263. The van der Waals surface area contributed by atoms with E-state index in [1.807, 2.05) is 12.1 Å². The summed E-state index contributed by atoms with van der Waals surface area (Å²) >= 11 is 0. The molecule has 1 aromatic carbocycles. The number of amides is 1. The van der Waals surface area contributed by atoms with Crippen LogP contribution in [-0.4, -0.2) is 20.9 Å². The van der Waals surface area contributed by atoms with E-state index in [1.165, 1.54) is 30.9 Å². The molecule has 0 spiro atoms. The second kappa shape index (κ2) is 6.59. The van der Waals surface area contributed by atoms with Gasteiger partial charge < -0.3 is 15.5 Å². The van der Waals surface area contributed by atoms with Crippen LogP contribution in [0.5, 0.6) is 0 Å². The fourth-order valence-electron chi connectivity index (χ4n) is 2.83. The summed E-state index contributed by atoms with van der Waals surface area (Å²) in [6.45, 7) is 2.14. The first-order valence-corrected chi connectivity index (χ1v) is 8.53. The molecule has 0 radical (unpaired) electrons. The molecular weight excluding hydrogens is 330 g/mol. The molecule has 3 N–H and O–H groups in total. The molecule has 7 heteroatoms. The Morgan fingerprint density at radius 1 is 1.27 bits per heavy atom. The Bertz CT molecular complexity index is 931. The number of oxazole rings is 1. The van der Waals surface area contributed by atoms with Gasteiger partial charge in [-0.3, -0.25) is 4.79 Å². The van der Waals surface area contributed by atoms with Crippen LogP contribution in [0.25, 0.3) is 11.6 Å². The molecule has 0 unspecified atom stereocenters. The Hall–Kier alpha value is -3.22. The van der Waals surface area contributed by atoms with Gasteiger partial charge >= 0.3 is 0 Å². The van der Waals surface area contributed by atoms with Crippen LogP contribution in [0.3, 0.4) is 0 Å². The number of nitrogens with zero attached hydrogens (tertiary/aromatic N) is 3. The number of hydrogen-bond acceptors (Lipinski definition) is 6. The van der Waals surface area contributed by atoms with Gasteiger partial charge in [0.1, 0.15) is 12.0 Å². The number of rotatable bonds is 5. The van der Waals surface area contributed by atoms with Crippen molar-refractivity contribution in [2.45, 2.75) is 32.2 Å². The normalized spacial score (nSPS) is 13.6. The van der Waals surface area contributed by atoms with Gasteiger partial charge in [0.15, 0.2) is 11.5 Å². The zero-order valence-corrected chi connectivity index (χ0v) is 14.4. The second-order valence-electron chi connectivity index (χ2n) is 6.43. The third-order valence-electron chi connectivity index (χ3n) is 4.43. The highest BCUT2D eigenvalue weighted by Crippen LogP contribution is 2.39. The summed E-state index contributed by atoms with van der Waals surface area (Å²) in [7, 11) is 0. The maximum Gasteiger partial charge on any atom is 0.273 e. The van der Waals surface area contributed by atoms with E-state index in [2.05, 4.69) is 32.4 Å². The molecule has 1 aliphatic rings. The smallest absolute Gasteiger partial charge is 0.273 e. The lowest BCUT2D eigenvalue weighted by molar-refractivity contribution is 0.0946. The van der Waals surface area contributed by atoms with Crippen molar-refractivity contribution in [2.75, 3.05) is 5.73 Å². The summed E-state index contributed by atoms with van der Waals surface area (Å²) in [6, 6.07) is 8.34. The molecule has 2 aromatic heterocycles. The number of benzene rings is 1. The standard InChI is InChI=1S/C19H19N5O2/c1-11-15(19-21-8-9-26-19)24-17(20)16(23-11)18(25)22-10-12-2-4-13(5-3-12)14-6-7-14/h2-5,8-9,14H,6-7,10H2,1H3,(H2,20,24)(H,22,25). The number of carbonyl (C=O) groups is 1. The van der Waals surface area contributed by atoms with Crippen LogP contribution in [0, 0.1) is 6.92 Å². The summed E-state index contributed by atoms with van der Waals surface area (Å²) in [6.07, 6.45) is 5.51. The number of nitrogens with one attached hydrogen (secondary N) is 1. The minimum atomic E-state index is -0.358. The second-order valence-corrected chi connectivity index (χ2v) is 6.43. The van der Waals surface area contributed by atoms with Crippen LogP contribution in [0.15, 0.2) is 41.1 Å². The Kier molecular flexibility index (Phi) is 4.12. The third-order valence-corrected chi connectivity index (χ3v) is 4.43. The van der Waals surface area contributed by atoms with Gasteiger partial charge in [0.25, 0.3) is 5.91 Å². The van der Waals surface area contributed by atoms with Gasteiger partial charge in [-0.1, -0.05) is 24.3 Å². The van der Waals surface area contributed by atoms with Gasteiger partial charge in [-0.25, -0.2) is 15.0 Å². The molecule has 1 aliphatic carbocycles. The number of aromatic nitrogens is 3. The Labute approximate surface area is 150 Å². The molecule has 1 amide bonds. The average molecular weight is 349 g/mol. The monoisotopic (exact) mass is 349 g/mol. The molecular formula is C19H19N5O2. The van der Waals surface area contributed by atoms with Crippen molar-refractivity contribution < 1.29 is 9.21 Å². The van der Waals surface area contributed by atoms with Gasteiger partial charge in [0.2, 0.25) is 5.89 Å². The third kappa shape index (κ3) is 3.28. The van der Waals surface area contributed by atoms with Gasteiger partial charge in [0, 0.05) is 6.54 Å². The summed E-state index contributed by atoms with van der Waals surface area (Å²) in [4.78, 5) is 25.0. The lowest BCUT2D eigenvalue weighted by atomic mass is 10.1. The quantitative estimate of drug-likeness (QED) is 0.733. The molecule has 4 rings (SSSR count). The van der Waals surface area contributed by atoms with Crippen molar-refractivity contribution >= 4 is 11.7 Å². The minimum Gasteiger partial charge on any atom is -0.443 e. The number of nitrogen functional groups attached to an aromatic ring is 1. The van der Waals surface area contributed by atoms with Gasteiger partial charge in [0.05, 0.1) is 11.9 Å². The van der Waals surface area contributed by atoms with Crippen molar-refractivity contribution in [1.82, 2.24) is 20.3 Å². The largest absolute Gasteiger partial charge is 0.443 e. The molecule has 1 saturated carbocycles. The summed E-state index contributed by atoms with van der Waals surface area (Å²) < 4.78 is 5.22. The number of nitrogens with two attached hydrogens (primary N) is 1. The molecule has 0 saturated heterocycles. The summed E-state index contributed by atoms with van der Waals surface area (Å²) in [5, 5.41) is 2.84. The van der Waals surface area contributed by atoms with Crippen LogP contribution in [-0.2, 0) is 6.54 Å². The predicted octanol–water partition coefficient (Wildman–Crippen LogP) is 2.83. The Morgan fingerprint density at radius 3 is 2.69 bits per heavy atom. The molecule has 0 bridgehead atoms. The molecule has 2 heterocycles. The molecule has 3 aromatic rings. The average Bonchev–Trinajstić information content (AvgIpc) is 3.36. The first kappa shape index (κ1) is 16.3. The lowest BCUT2D eigenvalue weighted by Gasteiger charge is -2.09. The van der Waals surface area contributed by atoms with Crippen molar-refractivity contribution in [2.24, 2.45) is 0 Å². The maximum atomic E-state index is 12.4. The zero-order chi connectivity index (χ0) is 18.1. The fourth-order valence-corrected chi connectivity index (χ4v) is 2.83. The van der Waals surface area contributed by atoms with Crippen LogP contribution in [0.4, 0.5) is 5.82 Å². The SMILES string of the molecule is Cc1nc(C(=O)NCc2ccc(C3CC3)cc2)c(N)nc1-c1ncco1. The zero-order valence-electron chi connectivity index (χ0n) is 14.4. The van der Waals surface area contributed by atoms with E-state index in [0.29, 0.717) is 23.8 Å². The summed E-state index contributed by atoms with van der Waals surface area (Å²) in [5.41, 5.74) is 9.38. The van der Waals surface area contributed by atoms with Crippen LogP contribution in [0.2, 0.25) is 0 Å². The van der Waals surface area contributed by atoms with E-state index < -0.39 is 0 Å². The molecule has 7 nitrogen and oxygen atoms in total. The topological polar surface area (TPSA) is 107 Å². The molecule has 0 aliphatic heterocycles. The van der Waals surface area contributed by atoms with Crippen LogP contribution >= 0.6 is 0 Å². The highest BCUT2D eigenvalue weighted by atomic mass is 16.3. The number of carbonyl (C=O) groups excluding carboxylic acids is 1. The van der Waals surface area contributed by atoms with E-state index in [4.69, 9.17) is 10.2 Å². The predicted molar refractivity (Wildman–Crippen MR) is 96.3 cm³/mol. The summed E-state index contributed by atoms with van der Waals surface area (Å²) in [5.74, 6) is 0.733. The van der Waals surface area contributed by atoms with E-state index in [1.54, 1.807) is 6.92 Å². The highest BCUT2D eigenvalue weighted by molar-refractivity contribution is 5.96. The van der Waals surface area contributed by atoms with Crippen molar-refractivity contribution in [3.05, 3.63) is 59.2 Å². The van der Waals surface area contributed by atoms with Gasteiger partial charge in [-0.2, -0.15) is 0 Å². The lowest BCUT2D eigenvalue weighted by Crippen LogP contribution is -2.26. The van der Waals surface area contributed by atoms with Crippen LogP contribution in [0.1, 0.15) is 46.1 Å². The van der Waals surface area contributed by atoms with Gasteiger partial charge in [-0.15, -0.1) is 0 Å². The Balaban J connectivity index is 1.46. The maximum absolute atomic E-state index is 12.4. The van der Waals surface area contributed by atoms with Gasteiger partial charge in [-0.05, 0) is 36.8 Å². The number of hydrogen-bond donors (Lipinski definition) is 2. The van der Waals surface area contributed by atoms with E-state index >= 15 is 0 Å². The van der Waals surface area contributed by atoms with Crippen LogP contribution < -0.4 is 11.1 Å².